The van der Waals surface area contributed by atoms with E-state index in [2.05, 4.69) is 52.1 Å². The zero-order valence-electron chi connectivity index (χ0n) is 32.9. The Morgan fingerprint density at radius 2 is 1.54 bits per heavy atom. The molecule has 0 bridgehead atoms. The maximum absolute atomic E-state index is 14.3. The lowest BCUT2D eigenvalue weighted by Gasteiger charge is -2.52. The van der Waals surface area contributed by atoms with Gasteiger partial charge in [0.05, 0.1) is 0 Å². The molecule has 3 fully saturated rings. The van der Waals surface area contributed by atoms with Gasteiger partial charge in [0.1, 0.15) is 46.0 Å². The third-order valence-corrected chi connectivity index (χ3v) is 15.1. The summed E-state index contributed by atoms with van der Waals surface area (Å²) >= 11 is 4.85. The Balaban J connectivity index is 1.00. The Labute approximate surface area is 371 Å². The van der Waals surface area contributed by atoms with E-state index in [0.717, 1.165) is 16.7 Å². The number of carbonyl (C=O) groups excluding carboxylic acids is 7. The van der Waals surface area contributed by atoms with Crippen molar-refractivity contribution in [2.75, 3.05) is 42.6 Å². The molecule has 2 aromatic heterocycles. The Hall–Kier alpha value is -6.20. The van der Waals surface area contributed by atoms with Crippen LogP contribution < -0.4 is 16.0 Å². The lowest BCUT2D eigenvalue weighted by Crippen LogP contribution is -2.73. The van der Waals surface area contributed by atoms with Gasteiger partial charge in [0.15, 0.2) is 0 Å². The molecule has 0 unspecified atom stereocenters. The quantitative estimate of drug-likeness (QED) is 0.0570. The normalized spacial score (nSPS) is 22.6. The molecule has 5 aliphatic heterocycles. The van der Waals surface area contributed by atoms with Crippen molar-refractivity contribution in [1.82, 2.24) is 76.4 Å². The molecule has 0 saturated carbocycles. The van der Waals surface area contributed by atoms with Crippen molar-refractivity contribution < 1.29 is 48.6 Å². The van der Waals surface area contributed by atoms with Crippen LogP contribution in [-0.4, -0.2) is 184 Å². The second kappa shape index (κ2) is 17.9. The molecule has 63 heavy (non-hydrogen) atoms. The van der Waals surface area contributed by atoms with Crippen LogP contribution in [0.3, 0.4) is 0 Å². The van der Waals surface area contributed by atoms with E-state index in [1.165, 1.54) is 74.0 Å². The van der Waals surface area contributed by atoms with Gasteiger partial charge in [0.2, 0.25) is 16.2 Å². The minimum Gasteiger partial charge on any atom is -0.508 e. The van der Waals surface area contributed by atoms with Gasteiger partial charge in [-0.05, 0) is 51.4 Å². The lowest BCUT2D eigenvalue weighted by molar-refractivity contribution is -0.153. The first-order valence-corrected chi connectivity index (χ1v) is 22.9. The average Bonchev–Trinajstić information content (AvgIpc) is 3.96. The number of aromatic nitrogens is 8. The first-order chi connectivity index (χ1) is 30.3. The fourth-order valence-electron chi connectivity index (χ4n) is 7.25. The van der Waals surface area contributed by atoms with E-state index in [1.54, 1.807) is 14.0 Å². The minimum absolute atomic E-state index is 0.0621. The van der Waals surface area contributed by atoms with E-state index in [-0.39, 0.29) is 65.4 Å². The van der Waals surface area contributed by atoms with Crippen molar-refractivity contribution >= 4 is 94.5 Å². The number of aryl methyl sites for hydroxylation is 1. The summed E-state index contributed by atoms with van der Waals surface area (Å²) in [4.78, 5) is 112. The van der Waals surface area contributed by atoms with Crippen LogP contribution in [0.2, 0.25) is 0 Å². The number of nitrogens with zero attached hydrogens (tertiary/aromatic N) is 11. The molecular formula is C34H35N15O10S4. The van der Waals surface area contributed by atoms with E-state index in [9.17, 15) is 48.6 Å². The molecule has 5 atom stereocenters. The third kappa shape index (κ3) is 8.26. The summed E-state index contributed by atoms with van der Waals surface area (Å²) in [5, 5.41) is 52.0. The van der Waals surface area contributed by atoms with E-state index >= 15 is 0 Å². The number of tetrazole rings is 2. The number of H-pyrrole nitrogens is 1. The number of piperazine rings is 1. The number of imide groups is 1. The zero-order chi connectivity index (χ0) is 44.7. The maximum atomic E-state index is 14.3. The second-order valence-corrected chi connectivity index (χ2v) is 18.2. The summed E-state index contributed by atoms with van der Waals surface area (Å²) in [7, 11) is 1.63. The molecule has 3 saturated heterocycles. The van der Waals surface area contributed by atoms with Crippen molar-refractivity contribution in [2.24, 2.45) is 7.05 Å². The van der Waals surface area contributed by atoms with Gasteiger partial charge in [-0.15, -0.1) is 38.8 Å². The first kappa shape index (κ1) is 43.4. The number of benzene rings is 1. The maximum Gasteiger partial charge on any atom is 0.352 e. The van der Waals surface area contributed by atoms with Crippen LogP contribution >= 0.6 is 47.0 Å². The fourth-order valence-corrected chi connectivity index (χ4v) is 11.8. The van der Waals surface area contributed by atoms with Gasteiger partial charge < -0.3 is 31.1 Å². The largest absolute Gasteiger partial charge is 0.508 e. The molecule has 8 amide bonds. The highest BCUT2D eigenvalue weighted by atomic mass is 32.2. The molecule has 1 aromatic carbocycles. The Morgan fingerprint density at radius 1 is 0.889 bits per heavy atom. The summed E-state index contributed by atoms with van der Waals surface area (Å²) in [5.74, 6) is -5.66. The van der Waals surface area contributed by atoms with Gasteiger partial charge in [0, 0.05) is 49.7 Å². The number of rotatable bonds is 14. The summed E-state index contributed by atoms with van der Waals surface area (Å²) < 4.78 is 1.43. The summed E-state index contributed by atoms with van der Waals surface area (Å²) in [6.07, 6.45) is 0. The van der Waals surface area contributed by atoms with Crippen molar-refractivity contribution in [3.63, 3.8) is 0 Å². The van der Waals surface area contributed by atoms with Crippen LogP contribution in [0.4, 0.5) is 4.79 Å². The van der Waals surface area contributed by atoms with Crippen molar-refractivity contribution in [2.45, 2.75) is 46.1 Å². The van der Waals surface area contributed by atoms with Gasteiger partial charge in [-0.1, -0.05) is 35.7 Å². The average molecular weight is 942 g/mol. The molecule has 6 N–H and O–H groups in total. The Kier molecular flexibility index (Phi) is 12.3. The lowest BCUT2D eigenvalue weighted by atomic mass is 9.99. The zero-order valence-corrected chi connectivity index (χ0v) is 36.1. The van der Waals surface area contributed by atoms with E-state index < -0.39 is 76.3 Å². The van der Waals surface area contributed by atoms with Crippen LogP contribution in [0.1, 0.15) is 18.5 Å². The van der Waals surface area contributed by atoms with E-state index in [0.29, 0.717) is 26.4 Å². The number of thioether (sulfide) groups is 4. The molecule has 8 rings (SSSR count). The molecule has 29 heteroatoms. The van der Waals surface area contributed by atoms with Gasteiger partial charge in [-0.3, -0.25) is 43.5 Å². The number of hydrogen-bond donors (Lipinski definition) is 6. The van der Waals surface area contributed by atoms with Crippen LogP contribution in [0.25, 0.3) is 0 Å². The number of aromatic amines is 1. The number of likely N-dealkylation sites (N-methyl/N-ethyl adjacent to an activating group) is 1. The number of carbonyl (C=O) groups is 8. The number of hydrogen-bond acceptors (Lipinski definition) is 19. The number of aliphatic carboxylic acids is 1. The number of phenols is 1. The Morgan fingerprint density at radius 3 is 2.16 bits per heavy atom. The topological polar surface area (TPSA) is 324 Å². The van der Waals surface area contributed by atoms with Gasteiger partial charge in [0.25, 0.3) is 17.7 Å². The number of fused-ring (bicyclic) bond motifs is 2. The Bertz CT molecular complexity index is 2470. The molecule has 0 radical (unpaired) electrons. The van der Waals surface area contributed by atoms with Crippen LogP contribution in [0, 0.1) is 0 Å². The van der Waals surface area contributed by atoms with Crippen LogP contribution in [-0.2, 0) is 40.6 Å². The highest BCUT2D eigenvalue weighted by Gasteiger charge is 2.57. The number of nitrogens with one attached hydrogen (secondary N) is 4. The minimum atomic E-state index is -1.51. The smallest absolute Gasteiger partial charge is 0.352 e. The summed E-state index contributed by atoms with van der Waals surface area (Å²) in [5.41, 5.74) is 0.858. The molecule has 5 aliphatic rings. The second-order valence-electron chi connectivity index (χ2n) is 14.1. The predicted molar refractivity (Wildman–Crippen MR) is 220 cm³/mol. The van der Waals surface area contributed by atoms with E-state index in [1.807, 2.05) is 0 Å². The molecule has 25 nitrogen and oxygen atoms in total. The molecular weight excluding hydrogens is 907 g/mol. The molecule has 330 valence electrons. The van der Waals surface area contributed by atoms with Crippen LogP contribution in [0.15, 0.2) is 57.1 Å². The number of carboxylic acids is 1. The molecule has 7 heterocycles. The first-order valence-electron chi connectivity index (χ1n) is 18.9. The number of phenolic OH excluding ortho intramolecular Hbond substituents is 1. The molecule has 0 spiro atoms. The van der Waals surface area contributed by atoms with Gasteiger partial charge >= 0.3 is 23.8 Å². The van der Waals surface area contributed by atoms with Crippen molar-refractivity contribution in [3.8, 4) is 5.75 Å². The van der Waals surface area contributed by atoms with E-state index in [4.69, 9.17) is 0 Å². The number of amides is 8. The number of carboxylic acid groups (broad SMARTS) is 1. The number of urea groups is 1. The SMILES string of the molecule is CCN1CCN(C(=O)N[C@@H](C(=O)N[C@@H]2C(=O)N3C(C(=O)N[C@@H]4C(=O)N5C(C(=O)O)=C(CSc6nn[nH]n6)CS[C@H]45)=C(CSc4nnnn4C)CS[C@H]23)c2ccc(O)cc2)C(=O)C1=O. The van der Waals surface area contributed by atoms with Gasteiger partial charge in [-0.25, -0.2) is 14.3 Å². The standard InChI is InChI=1S/C34H35N15O10S4/c1-3-46-8-9-47(28(56)27(46)55)33(59)37-18(14-4-6-17(50)7-5-14)23(51)35-19-25(53)48-21(15(10-60-29(19)48)13-63-34-40-43-44-45(34)2)24(52)36-20-26(54)49-22(31(57)58)16(11-61-30(20)49)12-62-32-38-41-42-39-32/h4-7,18-20,29-30,50H,3,8-13H2,1-2H3,(H,35,51)(H,36,52)(H,37,59)(H,57,58)(H,38,39,41,42)/t18-,19-,20-,29-,30-/m1/s1. The summed E-state index contributed by atoms with van der Waals surface area (Å²) in [6, 6.07) is 0.407. The van der Waals surface area contributed by atoms with Crippen molar-refractivity contribution in [3.05, 3.63) is 52.4 Å². The molecule has 3 aromatic rings. The molecule has 0 aliphatic carbocycles. The fraction of sp³-hybridized carbons (Fsp3) is 0.412. The monoisotopic (exact) mass is 941 g/mol. The number of β-lactam (4-membered cyclic amide) rings is 2. The third-order valence-electron chi connectivity index (χ3n) is 10.4. The highest BCUT2D eigenvalue weighted by Crippen LogP contribution is 2.44. The van der Waals surface area contributed by atoms with Crippen LogP contribution in [0.5, 0.6) is 5.75 Å². The highest BCUT2D eigenvalue weighted by molar-refractivity contribution is 8.01. The summed E-state index contributed by atoms with van der Waals surface area (Å²) in [6.45, 7) is 1.91. The van der Waals surface area contributed by atoms with Gasteiger partial charge in [-0.2, -0.15) is 5.21 Å². The number of aromatic hydroxyl groups is 1. The van der Waals surface area contributed by atoms with Crippen molar-refractivity contribution in [1.29, 1.82) is 0 Å². The predicted octanol–water partition coefficient (Wildman–Crippen LogP) is -2.15.